The van der Waals surface area contributed by atoms with E-state index < -0.39 is 0 Å². The van der Waals surface area contributed by atoms with E-state index in [1.54, 1.807) is 17.8 Å². The molecule has 0 spiro atoms. The zero-order valence-corrected chi connectivity index (χ0v) is 13.3. The van der Waals surface area contributed by atoms with E-state index in [2.05, 4.69) is 5.32 Å². The molecule has 1 atom stereocenters. The van der Waals surface area contributed by atoms with Crippen LogP contribution in [0.1, 0.15) is 18.4 Å². The minimum absolute atomic E-state index is 0.0385. The summed E-state index contributed by atoms with van der Waals surface area (Å²) in [5.41, 5.74) is 1.03. The van der Waals surface area contributed by atoms with Crippen molar-refractivity contribution in [3.8, 4) is 0 Å². The molecule has 1 aliphatic carbocycles. The summed E-state index contributed by atoms with van der Waals surface area (Å²) in [6.45, 7) is 0.614. The average molecular weight is 331 g/mol. The highest BCUT2D eigenvalue weighted by atomic mass is 35.5. The Kier molecular flexibility index (Phi) is 4.46. The van der Waals surface area contributed by atoms with E-state index in [9.17, 15) is 4.79 Å². The number of amides is 1. The molecule has 0 aromatic heterocycles. The van der Waals surface area contributed by atoms with E-state index in [4.69, 9.17) is 23.2 Å². The van der Waals surface area contributed by atoms with Crippen LogP contribution in [0.4, 0.5) is 0 Å². The van der Waals surface area contributed by atoms with Gasteiger partial charge in [-0.15, -0.1) is 11.8 Å². The van der Waals surface area contributed by atoms with Gasteiger partial charge in [0.05, 0.1) is 16.1 Å². The maximum Gasteiger partial charge on any atom is 0.241 e. The molecule has 1 saturated heterocycles. The lowest BCUT2D eigenvalue weighted by atomic mass is 10.2. The minimum atomic E-state index is -0.0385. The maximum atomic E-state index is 12.6. The Morgan fingerprint density at radius 2 is 2.15 bits per heavy atom. The van der Waals surface area contributed by atoms with Gasteiger partial charge in [-0.1, -0.05) is 29.3 Å². The van der Waals surface area contributed by atoms with Crippen molar-refractivity contribution in [3.05, 3.63) is 33.8 Å². The third-order valence-corrected chi connectivity index (χ3v) is 5.30. The van der Waals surface area contributed by atoms with Crippen LogP contribution in [0.3, 0.4) is 0 Å². The Hall–Kier alpha value is -0.420. The van der Waals surface area contributed by atoms with E-state index in [-0.39, 0.29) is 11.9 Å². The van der Waals surface area contributed by atoms with Crippen LogP contribution in [-0.4, -0.2) is 34.5 Å². The predicted molar refractivity (Wildman–Crippen MR) is 84.3 cm³/mol. The third kappa shape index (κ3) is 3.25. The number of nitrogens with one attached hydrogen (secondary N) is 1. The molecule has 20 heavy (non-hydrogen) atoms. The lowest BCUT2D eigenvalue weighted by Gasteiger charge is -2.25. The monoisotopic (exact) mass is 330 g/mol. The van der Waals surface area contributed by atoms with Crippen molar-refractivity contribution in [2.75, 3.05) is 11.6 Å². The highest BCUT2D eigenvalue weighted by Gasteiger charge is 2.36. The average Bonchev–Trinajstić information content (AvgIpc) is 3.13. The summed E-state index contributed by atoms with van der Waals surface area (Å²) < 4.78 is 0. The van der Waals surface area contributed by atoms with Crippen LogP contribution in [0.15, 0.2) is 18.2 Å². The molecule has 3 rings (SSSR count). The van der Waals surface area contributed by atoms with Crippen LogP contribution in [0.5, 0.6) is 0 Å². The Morgan fingerprint density at radius 3 is 2.75 bits per heavy atom. The summed E-state index contributed by atoms with van der Waals surface area (Å²) >= 11 is 13.8. The molecule has 0 radical (unpaired) electrons. The lowest BCUT2D eigenvalue weighted by Crippen LogP contribution is -2.45. The fourth-order valence-electron chi connectivity index (χ4n) is 2.36. The number of carbonyl (C=O) groups is 1. The van der Waals surface area contributed by atoms with Gasteiger partial charge >= 0.3 is 0 Å². The Morgan fingerprint density at radius 1 is 1.35 bits per heavy atom. The largest absolute Gasteiger partial charge is 0.334 e. The molecule has 1 heterocycles. The van der Waals surface area contributed by atoms with E-state index >= 15 is 0 Å². The van der Waals surface area contributed by atoms with Crippen molar-refractivity contribution in [1.82, 2.24) is 10.2 Å². The van der Waals surface area contributed by atoms with Crippen molar-refractivity contribution >= 4 is 40.9 Å². The van der Waals surface area contributed by atoms with Crippen LogP contribution in [0.2, 0.25) is 10.0 Å². The topological polar surface area (TPSA) is 32.3 Å². The van der Waals surface area contributed by atoms with Crippen molar-refractivity contribution in [1.29, 1.82) is 0 Å². The molecule has 1 amide bonds. The van der Waals surface area contributed by atoms with Gasteiger partial charge in [-0.25, -0.2) is 0 Å². The quantitative estimate of drug-likeness (QED) is 0.920. The smallest absolute Gasteiger partial charge is 0.241 e. The van der Waals surface area contributed by atoms with Gasteiger partial charge in [-0.05, 0) is 30.5 Å². The molecule has 0 bridgehead atoms. The summed E-state index contributed by atoms with van der Waals surface area (Å²) in [6.07, 6.45) is 2.21. The van der Waals surface area contributed by atoms with Gasteiger partial charge in [0.25, 0.3) is 0 Å². The number of thioether (sulfide) groups is 1. The number of rotatable bonds is 4. The molecule has 1 N–H and O–H groups in total. The standard InChI is InChI=1S/C14H16Cl2N2OS/c15-11-4-1-9(5-12(11)16)6-18(10-2-3-10)14(19)13-7-20-8-17-13/h1,4-5,10,13,17H,2-3,6-8H2. The first kappa shape index (κ1) is 14.5. The van der Waals surface area contributed by atoms with Crippen LogP contribution in [-0.2, 0) is 11.3 Å². The summed E-state index contributed by atoms with van der Waals surface area (Å²) in [7, 11) is 0. The second-order valence-electron chi connectivity index (χ2n) is 5.22. The van der Waals surface area contributed by atoms with Crippen molar-refractivity contribution < 1.29 is 4.79 Å². The van der Waals surface area contributed by atoms with Gasteiger partial charge in [0, 0.05) is 24.2 Å². The molecule has 2 aliphatic rings. The lowest BCUT2D eigenvalue weighted by molar-refractivity contribution is -0.133. The van der Waals surface area contributed by atoms with Gasteiger partial charge in [-0.3, -0.25) is 10.1 Å². The molecule has 1 aliphatic heterocycles. The summed E-state index contributed by atoms with van der Waals surface area (Å²) in [4.78, 5) is 14.6. The second kappa shape index (κ2) is 6.14. The second-order valence-corrected chi connectivity index (χ2v) is 7.06. The Balaban J connectivity index is 1.73. The SMILES string of the molecule is O=C(C1CSCN1)N(Cc1ccc(Cl)c(Cl)c1)C1CC1. The first-order valence-corrected chi connectivity index (χ1v) is 8.62. The number of hydrogen-bond acceptors (Lipinski definition) is 3. The van der Waals surface area contributed by atoms with Gasteiger partial charge < -0.3 is 4.90 Å². The first-order chi connectivity index (χ1) is 9.65. The van der Waals surface area contributed by atoms with Crippen LogP contribution >= 0.6 is 35.0 Å². The number of carbonyl (C=O) groups excluding carboxylic acids is 1. The van der Waals surface area contributed by atoms with Gasteiger partial charge in [0.15, 0.2) is 0 Å². The van der Waals surface area contributed by atoms with Crippen LogP contribution < -0.4 is 5.32 Å². The normalized spacial score (nSPS) is 22.0. The Bertz CT molecular complexity index is 516. The number of halogens is 2. The fourth-order valence-corrected chi connectivity index (χ4v) is 3.62. The molecule has 1 unspecified atom stereocenters. The number of hydrogen-bond donors (Lipinski definition) is 1. The fraction of sp³-hybridized carbons (Fsp3) is 0.500. The van der Waals surface area contributed by atoms with Crippen molar-refractivity contribution in [2.24, 2.45) is 0 Å². The molecule has 6 heteroatoms. The molecular formula is C14H16Cl2N2OS. The minimum Gasteiger partial charge on any atom is -0.334 e. The number of benzene rings is 1. The molecule has 1 saturated carbocycles. The van der Waals surface area contributed by atoms with Crippen LogP contribution in [0, 0.1) is 0 Å². The zero-order valence-electron chi connectivity index (χ0n) is 10.9. The Labute approximate surface area is 133 Å². The summed E-state index contributed by atoms with van der Waals surface area (Å²) in [5, 5.41) is 4.34. The predicted octanol–water partition coefficient (Wildman–Crippen LogP) is 3.15. The van der Waals surface area contributed by atoms with Gasteiger partial charge in [-0.2, -0.15) is 0 Å². The van der Waals surface area contributed by atoms with E-state index in [1.165, 1.54) is 0 Å². The summed E-state index contributed by atoms with van der Waals surface area (Å²) in [6, 6.07) is 5.93. The maximum absolute atomic E-state index is 12.6. The molecule has 1 aromatic rings. The van der Waals surface area contributed by atoms with Gasteiger partial charge in [0.1, 0.15) is 0 Å². The summed E-state index contributed by atoms with van der Waals surface area (Å²) in [5.74, 6) is 1.94. The molecule has 3 nitrogen and oxygen atoms in total. The van der Waals surface area contributed by atoms with Crippen molar-refractivity contribution in [3.63, 3.8) is 0 Å². The van der Waals surface area contributed by atoms with E-state index in [0.29, 0.717) is 22.6 Å². The molecular weight excluding hydrogens is 315 g/mol. The van der Waals surface area contributed by atoms with Gasteiger partial charge in [0.2, 0.25) is 5.91 Å². The third-order valence-electron chi connectivity index (χ3n) is 3.62. The highest BCUT2D eigenvalue weighted by molar-refractivity contribution is 7.99. The molecule has 1 aromatic carbocycles. The van der Waals surface area contributed by atoms with E-state index in [0.717, 1.165) is 30.0 Å². The zero-order chi connectivity index (χ0) is 14.1. The van der Waals surface area contributed by atoms with Crippen molar-refractivity contribution in [2.45, 2.75) is 31.5 Å². The number of nitrogens with zero attached hydrogens (tertiary/aromatic N) is 1. The molecule has 108 valence electrons. The first-order valence-electron chi connectivity index (χ1n) is 6.70. The highest BCUT2D eigenvalue weighted by Crippen LogP contribution is 2.31. The van der Waals surface area contributed by atoms with Crippen LogP contribution in [0.25, 0.3) is 0 Å². The van der Waals surface area contributed by atoms with E-state index in [1.807, 2.05) is 17.0 Å². The molecule has 2 fully saturated rings.